The van der Waals surface area contributed by atoms with Gasteiger partial charge in [0.15, 0.2) is 23.0 Å². The Balaban J connectivity index is 1.28. The van der Waals surface area contributed by atoms with E-state index >= 15 is 0 Å². The summed E-state index contributed by atoms with van der Waals surface area (Å²) in [6.07, 6.45) is 1.57. The molecule has 0 aromatic heterocycles. The van der Waals surface area contributed by atoms with Crippen molar-refractivity contribution < 1.29 is 33.3 Å². The number of nitrogens with one attached hydrogen (secondary N) is 1. The maximum Gasteiger partial charge on any atom is 0.294 e. The number of carbonyl (C=O) groups is 3. The average Bonchev–Trinajstić information content (AvgIpc) is 3.21. The number of ether oxygens (including phenoxy) is 4. The summed E-state index contributed by atoms with van der Waals surface area (Å²) in [7, 11) is 0. The Labute approximate surface area is 264 Å². The molecule has 0 atom stereocenters. The normalized spacial score (nSPS) is 15.2. The lowest BCUT2D eigenvalue weighted by molar-refractivity contribution is -0.127. The summed E-state index contributed by atoms with van der Waals surface area (Å²) in [6, 6.07) is 13.7. The molecule has 218 valence electrons. The summed E-state index contributed by atoms with van der Waals surface area (Å²) in [6.45, 7) is 2.84. The van der Waals surface area contributed by atoms with Crippen LogP contribution in [0.2, 0.25) is 10.0 Å². The molecule has 2 aliphatic heterocycles. The van der Waals surface area contributed by atoms with Crippen molar-refractivity contribution in [3.05, 3.63) is 79.1 Å². The van der Waals surface area contributed by atoms with Gasteiger partial charge < -0.3 is 24.3 Å². The van der Waals surface area contributed by atoms with Gasteiger partial charge in [-0.1, -0.05) is 29.3 Å². The first-order valence-corrected chi connectivity index (χ1v) is 15.1. The Morgan fingerprint density at radius 2 is 1.83 bits per heavy atom. The molecular weight excluding hydrogens is 671 g/mol. The summed E-state index contributed by atoms with van der Waals surface area (Å²) in [5.41, 5.74) is 1.87. The summed E-state index contributed by atoms with van der Waals surface area (Å²) >= 11 is 16.4. The molecule has 3 aromatic carbocycles. The molecule has 0 unspecified atom stereocenters. The molecule has 9 nitrogen and oxygen atoms in total. The van der Waals surface area contributed by atoms with Gasteiger partial charge in [0, 0.05) is 11.8 Å². The molecule has 2 heterocycles. The van der Waals surface area contributed by atoms with Gasteiger partial charge in [-0.2, -0.15) is 0 Å². The lowest BCUT2D eigenvalue weighted by atomic mass is 10.1. The number of hydrogen-bond donors (Lipinski definition) is 1. The summed E-state index contributed by atoms with van der Waals surface area (Å²) < 4.78 is 23.4. The van der Waals surface area contributed by atoms with Crippen LogP contribution in [-0.4, -0.2) is 48.3 Å². The van der Waals surface area contributed by atoms with Gasteiger partial charge >= 0.3 is 0 Å². The first-order valence-electron chi connectivity index (χ1n) is 12.7. The molecule has 1 saturated heterocycles. The Bertz CT molecular complexity index is 1600. The van der Waals surface area contributed by atoms with Crippen molar-refractivity contribution >= 4 is 79.7 Å². The minimum atomic E-state index is -0.573. The van der Waals surface area contributed by atoms with Crippen LogP contribution in [0.15, 0.2) is 57.9 Å². The summed E-state index contributed by atoms with van der Waals surface area (Å²) in [4.78, 5) is 39.5. The number of amides is 3. The number of benzene rings is 3. The highest BCUT2D eigenvalue weighted by atomic mass is 79.9. The third-order valence-corrected chi connectivity index (χ3v) is 8.23. The van der Waals surface area contributed by atoms with Crippen LogP contribution >= 0.6 is 50.9 Å². The number of nitrogens with zero attached hydrogens (tertiary/aromatic N) is 1. The number of halogens is 3. The van der Waals surface area contributed by atoms with E-state index in [1.807, 2.05) is 13.0 Å². The molecule has 0 saturated carbocycles. The molecule has 13 heteroatoms. The Morgan fingerprint density at radius 3 is 2.60 bits per heavy atom. The van der Waals surface area contributed by atoms with Crippen LogP contribution in [0.4, 0.5) is 10.5 Å². The minimum Gasteiger partial charge on any atom is -0.490 e. The molecule has 1 fully saturated rings. The van der Waals surface area contributed by atoms with Crippen LogP contribution in [0.3, 0.4) is 0 Å². The van der Waals surface area contributed by atoms with Gasteiger partial charge in [0.1, 0.15) is 26.4 Å². The third-order valence-electron chi connectivity index (χ3n) is 6.00. The number of rotatable bonds is 9. The quantitative estimate of drug-likeness (QED) is 0.235. The van der Waals surface area contributed by atoms with Crippen LogP contribution in [0.1, 0.15) is 18.1 Å². The Kier molecular flexibility index (Phi) is 9.52. The number of thioether (sulfide) groups is 1. The molecule has 5 rings (SSSR count). The monoisotopic (exact) mass is 692 g/mol. The van der Waals surface area contributed by atoms with Crippen molar-refractivity contribution in [2.75, 3.05) is 31.7 Å². The van der Waals surface area contributed by atoms with Crippen LogP contribution in [-0.2, 0) is 16.2 Å². The summed E-state index contributed by atoms with van der Waals surface area (Å²) in [5.74, 6) is 0.897. The predicted molar refractivity (Wildman–Crippen MR) is 165 cm³/mol. The van der Waals surface area contributed by atoms with Crippen molar-refractivity contribution in [2.24, 2.45) is 0 Å². The van der Waals surface area contributed by atoms with E-state index in [0.717, 1.165) is 22.2 Å². The van der Waals surface area contributed by atoms with E-state index in [1.165, 1.54) is 0 Å². The minimum absolute atomic E-state index is 0.172. The Hall–Kier alpha value is -3.38. The fraction of sp³-hybridized carbons (Fsp3) is 0.207. The maximum atomic E-state index is 13.1. The molecule has 3 amide bonds. The highest BCUT2D eigenvalue weighted by Gasteiger charge is 2.36. The van der Waals surface area contributed by atoms with E-state index in [0.29, 0.717) is 68.6 Å². The maximum absolute atomic E-state index is 13.1. The van der Waals surface area contributed by atoms with Gasteiger partial charge in [-0.3, -0.25) is 19.3 Å². The smallest absolute Gasteiger partial charge is 0.294 e. The molecule has 2 aliphatic rings. The molecule has 42 heavy (non-hydrogen) atoms. The van der Waals surface area contributed by atoms with Crippen molar-refractivity contribution in [3.8, 4) is 23.0 Å². The van der Waals surface area contributed by atoms with Crippen molar-refractivity contribution in [3.63, 3.8) is 0 Å². The SMILES string of the molecule is CCOc1cc(/C=C2/SC(=O)N(CC(=O)Nc3ccc4c(c3)OCCO4)C2=O)cc(Br)c1OCc1ccc(Cl)c(Cl)c1. The lowest BCUT2D eigenvalue weighted by Crippen LogP contribution is -2.36. The van der Waals surface area contributed by atoms with E-state index in [-0.39, 0.29) is 11.5 Å². The number of anilines is 1. The zero-order valence-corrected chi connectivity index (χ0v) is 26.0. The van der Waals surface area contributed by atoms with Crippen molar-refractivity contribution in [1.29, 1.82) is 0 Å². The summed E-state index contributed by atoms with van der Waals surface area (Å²) in [5, 5.41) is 3.02. The second-order valence-electron chi connectivity index (χ2n) is 8.97. The molecule has 0 radical (unpaired) electrons. The second-order valence-corrected chi connectivity index (χ2v) is 11.6. The lowest BCUT2D eigenvalue weighted by Gasteiger charge is -2.19. The van der Waals surface area contributed by atoms with Crippen molar-refractivity contribution in [1.82, 2.24) is 4.90 Å². The highest BCUT2D eigenvalue weighted by Crippen LogP contribution is 2.40. The van der Waals surface area contributed by atoms with Gasteiger partial charge in [0.05, 0.1) is 26.0 Å². The number of carbonyl (C=O) groups excluding carboxylic acids is 3. The molecule has 0 aliphatic carbocycles. The van der Waals surface area contributed by atoms with E-state index in [1.54, 1.807) is 48.5 Å². The number of imide groups is 1. The van der Waals surface area contributed by atoms with Gasteiger partial charge in [-0.05, 0) is 88.2 Å². The average molecular weight is 694 g/mol. The van der Waals surface area contributed by atoms with Crippen LogP contribution in [0.5, 0.6) is 23.0 Å². The predicted octanol–water partition coefficient (Wildman–Crippen LogP) is 7.18. The van der Waals surface area contributed by atoms with Gasteiger partial charge in [0.25, 0.3) is 11.1 Å². The zero-order chi connectivity index (χ0) is 29.8. The molecule has 0 spiro atoms. The largest absolute Gasteiger partial charge is 0.490 e. The van der Waals surface area contributed by atoms with E-state index in [9.17, 15) is 14.4 Å². The number of fused-ring (bicyclic) bond motifs is 1. The van der Waals surface area contributed by atoms with Crippen LogP contribution in [0.25, 0.3) is 6.08 Å². The third kappa shape index (κ3) is 6.97. The molecular formula is C29H23BrCl2N2O7S. The highest BCUT2D eigenvalue weighted by molar-refractivity contribution is 9.10. The molecule has 0 bridgehead atoms. The Morgan fingerprint density at radius 1 is 1.05 bits per heavy atom. The van der Waals surface area contributed by atoms with Crippen LogP contribution in [0, 0.1) is 0 Å². The molecule has 3 aromatic rings. The zero-order valence-electron chi connectivity index (χ0n) is 22.1. The van der Waals surface area contributed by atoms with E-state index in [4.69, 9.17) is 42.1 Å². The van der Waals surface area contributed by atoms with E-state index < -0.39 is 23.6 Å². The van der Waals surface area contributed by atoms with Gasteiger partial charge in [-0.25, -0.2) is 0 Å². The van der Waals surface area contributed by atoms with Gasteiger partial charge in [-0.15, -0.1) is 0 Å². The first-order chi connectivity index (χ1) is 20.2. The molecule has 1 N–H and O–H groups in total. The van der Waals surface area contributed by atoms with Crippen molar-refractivity contribution in [2.45, 2.75) is 13.5 Å². The van der Waals surface area contributed by atoms with Crippen LogP contribution < -0.4 is 24.3 Å². The fourth-order valence-corrected chi connectivity index (χ4v) is 5.85. The first kappa shape index (κ1) is 30.1. The van der Waals surface area contributed by atoms with E-state index in [2.05, 4.69) is 21.2 Å². The van der Waals surface area contributed by atoms with Gasteiger partial charge in [0.2, 0.25) is 5.91 Å². The number of hydrogen-bond acceptors (Lipinski definition) is 8. The standard InChI is InChI=1S/C29H23BrCl2N2O7S/c1-2-38-24-11-17(9-19(30)27(24)41-15-16-3-5-20(31)21(32)10-16)12-25-28(36)34(29(37)42-25)14-26(35)33-18-4-6-22-23(13-18)40-8-7-39-22/h3-6,9-13H,2,7-8,14-15H2,1H3,(H,33,35)/b25-12+. The second kappa shape index (κ2) is 13.3. The topological polar surface area (TPSA) is 103 Å². The fourth-order valence-electron chi connectivity index (χ4n) is 4.11.